The minimum atomic E-state index is 0.142. The van der Waals surface area contributed by atoms with Crippen molar-refractivity contribution >= 4 is 17.5 Å². The molecule has 24 heavy (non-hydrogen) atoms. The summed E-state index contributed by atoms with van der Waals surface area (Å²) >= 11 is 2.13. The van der Waals surface area contributed by atoms with Gasteiger partial charge in [-0.1, -0.05) is 13.8 Å². The first kappa shape index (κ1) is 16.2. The molecule has 0 amide bonds. The summed E-state index contributed by atoms with van der Waals surface area (Å²) in [4.78, 5) is 12.1. The lowest BCUT2D eigenvalue weighted by Gasteiger charge is -2.61. The Morgan fingerprint density at radius 2 is 1.88 bits per heavy atom. The van der Waals surface area contributed by atoms with Gasteiger partial charge >= 0.3 is 0 Å². The van der Waals surface area contributed by atoms with E-state index in [1.807, 2.05) is 0 Å². The third-order valence-corrected chi connectivity index (χ3v) is 10.9. The van der Waals surface area contributed by atoms with Crippen molar-refractivity contribution in [1.82, 2.24) is 0 Å². The second kappa shape index (κ2) is 5.25. The molecule has 1 aliphatic heterocycles. The van der Waals surface area contributed by atoms with Crippen molar-refractivity contribution in [1.29, 1.82) is 0 Å². The predicted molar refractivity (Wildman–Crippen MR) is 97.9 cm³/mol. The van der Waals surface area contributed by atoms with Gasteiger partial charge in [-0.2, -0.15) is 0 Å². The Morgan fingerprint density at radius 1 is 1.04 bits per heavy atom. The highest BCUT2D eigenvalue weighted by Crippen LogP contribution is 2.71. The van der Waals surface area contributed by atoms with Crippen molar-refractivity contribution in [2.24, 2.45) is 34.5 Å². The number of thioether (sulfide) groups is 1. The van der Waals surface area contributed by atoms with Gasteiger partial charge in [0.25, 0.3) is 0 Å². The molecule has 1 heterocycles. The maximum Gasteiger partial charge on any atom is 0.133 e. The Bertz CT molecular complexity index is 554. The van der Waals surface area contributed by atoms with Gasteiger partial charge in [0.2, 0.25) is 0 Å². The van der Waals surface area contributed by atoms with Gasteiger partial charge in [-0.25, -0.2) is 0 Å². The predicted octanol–water partition coefficient (Wildman–Crippen LogP) is 5.06. The first-order valence-corrected chi connectivity index (χ1v) is 11.3. The number of rotatable bonds is 0. The molecule has 0 aromatic carbocycles. The minimum absolute atomic E-state index is 0.142. The van der Waals surface area contributed by atoms with Crippen LogP contribution in [-0.4, -0.2) is 23.1 Å². The molecule has 7 atom stereocenters. The lowest BCUT2D eigenvalue weighted by atomic mass is 9.45. The zero-order chi connectivity index (χ0) is 16.6. The van der Waals surface area contributed by atoms with Crippen molar-refractivity contribution in [2.75, 3.05) is 12.4 Å². The van der Waals surface area contributed by atoms with E-state index in [9.17, 15) is 4.79 Å². The van der Waals surface area contributed by atoms with Crippen molar-refractivity contribution < 1.29 is 9.53 Å². The van der Waals surface area contributed by atoms with Crippen LogP contribution in [0.2, 0.25) is 0 Å². The molecule has 2 nitrogen and oxygen atoms in total. The number of Topliss-reactive ketones (excluding diaryl/α,β-unsaturated/α-hetero) is 1. The van der Waals surface area contributed by atoms with Crippen LogP contribution < -0.4 is 0 Å². The standard InChI is InChI=1S/C21H32O2S/c1-19-8-5-15(22)13-14(19)3-4-16-17(19)6-9-20(2)18(16)7-10-21(20)23-11-12-24-21/h14,16-18H,3-13H2,1-2H3/t14-,16-,17+,18+,19-,20+,21-/m0/s1. The number of fused-ring (bicyclic) bond motifs is 6. The van der Waals surface area contributed by atoms with E-state index >= 15 is 0 Å². The van der Waals surface area contributed by atoms with Gasteiger partial charge in [0, 0.05) is 24.0 Å². The summed E-state index contributed by atoms with van der Waals surface area (Å²) in [6, 6.07) is 0. The number of ether oxygens (including phenoxy) is 1. The zero-order valence-corrected chi connectivity index (χ0v) is 16.1. The van der Waals surface area contributed by atoms with Gasteiger partial charge in [-0.15, -0.1) is 11.8 Å². The molecule has 0 N–H and O–H groups in total. The van der Waals surface area contributed by atoms with Crippen molar-refractivity contribution in [3.05, 3.63) is 0 Å². The van der Waals surface area contributed by atoms with Gasteiger partial charge in [-0.05, 0) is 74.0 Å². The van der Waals surface area contributed by atoms with Gasteiger partial charge < -0.3 is 4.74 Å². The molecule has 3 heteroatoms. The van der Waals surface area contributed by atoms with E-state index in [1.54, 1.807) is 0 Å². The molecule has 5 rings (SSSR count). The van der Waals surface area contributed by atoms with Crippen LogP contribution in [-0.2, 0) is 9.53 Å². The summed E-state index contributed by atoms with van der Waals surface area (Å²) in [5, 5.41) is 0. The van der Waals surface area contributed by atoms with Crippen molar-refractivity contribution in [2.45, 2.75) is 76.6 Å². The smallest absolute Gasteiger partial charge is 0.133 e. The summed E-state index contributed by atoms with van der Waals surface area (Å²) in [5.41, 5.74) is 0.834. The Kier molecular flexibility index (Phi) is 3.54. The third-order valence-electron chi connectivity index (χ3n) is 9.28. The van der Waals surface area contributed by atoms with E-state index in [-0.39, 0.29) is 4.93 Å². The number of carbonyl (C=O) groups is 1. The molecule has 0 aromatic rings. The summed E-state index contributed by atoms with van der Waals surface area (Å²) in [6.07, 6.45) is 11.0. The summed E-state index contributed by atoms with van der Waals surface area (Å²) in [5.74, 6) is 5.02. The van der Waals surface area contributed by atoms with Gasteiger partial charge in [0.05, 0.1) is 6.61 Å². The zero-order valence-electron chi connectivity index (χ0n) is 15.3. The average molecular weight is 349 g/mol. The maximum absolute atomic E-state index is 12.0. The van der Waals surface area contributed by atoms with Crippen LogP contribution >= 0.6 is 11.8 Å². The number of carbonyl (C=O) groups excluding carboxylic acids is 1. The molecule has 4 saturated carbocycles. The second-order valence-corrected chi connectivity index (χ2v) is 11.2. The molecule has 1 saturated heterocycles. The van der Waals surface area contributed by atoms with Crippen LogP contribution in [0.15, 0.2) is 0 Å². The van der Waals surface area contributed by atoms with Gasteiger partial charge in [0.15, 0.2) is 0 Å². The highest BCUT2D eigenvalue weighted by atomic mass is 32.2. The lowest BCUT2D eigenvalue weighted by molar-refractivity contribution is -0.147. The van der Waals surface area contributed by atoms with Crippen LogP contribution in [0.25, 0.3) is 0 Å². The van der Waals surface area contributed by atoms with E-state index in [0.717, 1.165) is 43.6 Å². The monoisotopic (exact) mass is 348 g/mol. The van der Waals surface area contributed by atoms with Crippen LogP contribution in [0, 0.1) is 34.5 Å². The Labute approximate surface area is 150 Å². The first-order valence-electron chi connectivity index (χ1n) is 10.3. The van der Waals surface area contributed by atoms with Crippen LogP contribution in [0.5, 0.6) is 0 Å². The Hall–Kier alpha value is -0.0200. The maximum atomic E-state index is 12.0. The van der Waals surface area contributed by atoms with Crippen molar-refractivity contribution in [3.63, 3.8) is 0 Å². The third kappa shape index (κ3) is 1.92. The van der Waals surface area contributed by atoms with E-state index in [4.69, 9.17) is 4.74 Å². The summed E-state index contributed by atoms with van der Waals surface area (Å²) in [6.45, 7) is 6.08. The highest BCUT2D eigenvalue weighted by molar-refractivity contribution is 8.00. The first-order chi connectivity index (χ1) is 11.5. The van der Waals surface area contributed by atoms with Crippen LogP contribution in [0.4, 0.5) is 0 Å². The second-order valence-electron chi connectivity index (χ2n) is 9.84. The Balaban J connectivity index is 1.46. The normalized spacial score (nSPS) is 56.8. The number of hydrogen-bond acceptors (Lipinski definition) is 3. The fraction of sp³-hybridized carbons (Fsp3) is 0.952. The molecule has 134 valence electrons. The molecule has 0 unspecified atom stereocenters. The lowest BCUT2D eigenvalue weighted by Crippen LogP contribution is -2.55. The molecule has 5 fully saturated rings. The summed E-state index contributed by atoms with van der Waals surface area (Å²) < 4.78 is 6.42. The van der Waals surface area contributed by atoms with E-state index in [0.29, 0.717) is 22.5 Å². The number of hydrogen-bond donors (Lipinski definition) is 0. The largest absolute Gasteiger partial charge is 0.363 e. The van der Waals surface area contributed by atoms with E-state index < -0.39 is 0 Å². The SMILES string of the molecule is C[C@]12CCC(=O)C[C@@H]1CC[C@H]1[C@H]2CC[C@]2(C)[C@@H]1CC[C@@]21OCCS1. The average Bonchev–Trinajstić information content (AvgIpc) is 3.15. The topological polar surface area (TPSA) is 26.3 Å². The number of ketones is 1. The van der Waals surface area contributed by atoms with Crippen LogP contribution in [0.1, 0.15) is 71.6 Å². The molecule has 4 aliphatic carbocycles. The van der Waals surface area contributed by atoms with Crippen molar-refractivity contribution in [3.8, 4) is 0 Å². The molecular weight excluding hydrogens is 316 g/mol. The van der Waals surface area contributed by atoms with E-state index in [1.165, 1.54) is 44.3 Å². The molecule has 5 aliphatic rings. The molecular formula is C21H32O2S. The molecule has 0 aromatic heterocycles. The van der Waals surface area contributed by atoms with Gasteiger partial charge in [-0.3, -0.25) is 4.79 Å². The fourth-order valence-electron chi connectivity index (χ4n) is 7.93. The Morgan fingerprint density at radius 3 is 2.67 bits per heavy atom. The van der Waals surface area contributed by atoms with E-state index in [2.05, 4.69) is 25.6 Å². The fourth-order valence-corrected chi connectivity index (χ4v) is 9.44. The summed E-state index contributed by atoms with van der Waals surface area (Å²) in [7, 11) is 0. The van der Waals surface area contributed by atoms with Crippen LogP contribution in [0.3, 0.4) is 0 Å². The quantitative estimate of drug-likeness (QED) is 0.612. The molecule has 1 spiro atoms. The van der Waals surface area contributed by atoms with Gasteiger partial charge in [0.1, 0.15) is 10.7 Å². The minimum Gasteiger partial charge on any atom is -0.363 e. The highest BCUT2D eigenvalue weighted by Gasteiger charge is 2.66. The molecule has 0 radical (unpaired) electrons. The molecule has 0 bridgehead atoms.